The molecule has 2 rings (SSSR count). The summed E-state index contributed by atoms with van der Waals surface area (Å²) in [5, 5.41) is 0. The maximum atomic E-state index is 13.6. The molecule has 1 aromatic rings. The Hall–Kier alpha value is -0.690. The first-order valence-corrected chi connectivity index (χ1v) is 6.96. The second kappa shape index (κ2) is 6.47. The van der Waals surface area contributed by atoms with Crippen LogP contribution < -0.4 is 11.3 Å². The minimum atomic E-state index is -0.543. The Morgan fingerprint density at radius 3 is 2.72 bits per heavy atom. The van der Waals surface area contributed by atoms with Crippen LogP contribution in [0.15, 0.2) is 18.2 Å². The Labute approximate surface area is 109 Å². The first kappa shape index (κ1) is 13.7. The van der Waals surface area contributed by atoms with E-state index in [-0.39, 0.29) is 24.1 Å². The minimum absolute atomic E-state index is 0.0552. The van der Waals surface area contributed by atoms with E-state index < -0.39 is 11.6 Å². The molecule has 100 valence electrons. The topological polar surface area (TPSA) is 47.3 Å². The van der Waals surface area contributed by atoms with E-state index in [0.717, 1.165) is 11.5 Å². The first-order valence-electron chi connectivity index (χ1n) is 5.80. The van der Waals surface area contributed by atoms with Crippen molar-refractivity contribution in [3.05, 3.63) is 35.4 Å². The average molecular weight is 274 g/mol. The number of hydrogen-bond donors (Lipinski definition) is 2. The van der Waals surface area contributed by atoms with Crippen LogP contribution in [-0.4, -0.2) is 30.3 Å². The number of nitrogens with one attached hydrogen (secondary N) is 1. The SMILES string of the molecule is NNC(Cc1c(F)cccc1F)C1CSCCO1. The van der Waals surface area contributed by atoms with Gasteiger partial charge in [0.2, 0.25) is 0 Å². The third kappa shape index (κ3) is 3.20. The summed E-state index contributed by atoms with van der Waals surface area (Å²) in [5.74, 6) is 6.11. The molecule has 0 spiro atoms. The Morgan fingerprint density at radius 2 is 2.17 bits per heavy atom. The largest absolute Gasteiger partial charge is 0.375 e. The summed E-state index contributed by atoms with van der Waals surface area (Å²) in [5.41, 5.74) is 2.66. The lowest BCUT2D eigenvalue weighted by Gasteiger charge is -2.29. The van der Waals surface area contributed by atoms with E-state index in [1.54, 1.807) is 11.8 Å². The maximum Gasteiger partial charge on any atom is 0.129 e. The molecule has 18 heavy (non-hydrogen) atoms. The summed E-state index contributed by atoms with van der Waals surface area (Å²) in [7, 11) is 0. The Bertz CT molecular complexity index is 379. The second-order valence-corrected chi connectivity index (χ2v) is 5.31. The quantitative estimate of drug-likeness (QED) is 0.645. The van der Waals surface area contributed by atoms with Crippen LogP contribution in [0.25, 0.3) is 0 Å². The zero-order valence-electron chi connectivity index (χ0n) is 9.86. The van der Waals surface area contributed by atoms with Crippen LogP contribution in [0.3, 0.4) is 0 Å². The maximum absolute atomic E-state index is 13.6. The predicted octanol–water partition coefficient (Wildman–Crippen LogP) is 1.47. The molecule has 0 aliphatic carbocycles. The molecule has 3 N–H and O–H groups in total. The molecule has 3 nitrogen and oxygen atoms in total. The van der Waals surface area contributed by atoms with Gasteiger partial charge in [-0.15, -0.1) is 0 Å². The molecule has 0 radical (unpaired) electrons. The van der Waals surface area contributed by atoms with Gasteiger partial charge in [0.1, 0.15) is 11.6 Å². The lowest BCUT2D eigenvalue weighted by molar-refractivity contribution is 0.0468. The molecule has 1 heterocycles. The molecular weight excluding hydrogens is 258 g/mol. The van der Waals surface area contributed by atoms with Crippen LogP contribution in [0.2, 0.25) is 0 Å². The summed E-state index contributed by atoms with van der Waals surface area (Å²) in [6.45, 7) is 0.646. The van der Waals surface area contributed by atoms with Crippen molar-refractivity contribution in [1.82, 2.24) is 5.43 Å². The minimum Gasteiger partial charge on any atom is -0.375 e. The summed E-state index contributed by atoms with van der Waals surface area (Å²) in [6.07, 6.45) is 0.0630. The van der Waals surface area contributed by atoms with Crippen molar-refractivity contribution in [3.8, 4) is 0 Å². The van der Waals surface area contributed by atoms with Gasteiger partial charge in [0, 0.05) is 17.1 Å². The van der Waals surface area contributed by atoms with Crippen LogP contribution in [0.1, 0.15) is 5.56 Å². The van der Waals surface area contributed by atoms with Gasteiger partial charge in [-0.3, -0.25) is 11.3 Å². The molecule has 2 atom stereocenters. The van der Waals surface area contributed by atoms with Crippen molar-refractivity contribution in [2.45, 2.75) is 18.6 Å². The summed E-state index contributed by atoms with van der Waals surface area (Å²) < 4.78 is 32.7. The molecule has 1 aliphatic heterocycles. The van der Waals surface area contributed by atoms with E-state index in [0.29, 0.717) is 6.61 Å². The van der Waals surface area contributed by atoms with E-state index in [4.69, 9.17) is 10.6 Å². The Balaban J connectivity index is 2.09. The normalized spacial score (nSPS) is 21.8. The number of nitrogens with two attached hydrogens (primary N) is 1. The third-order valence-corrected chi connectivity index (χ3v) is 4.01. The van der Waals surface area contributed by atoms with E-state index in [1.165, 1.54) is 18.2 Å². The summed E-state index contributed by atoms with van der Waals surface area (Å²) in [6, 6.07) is 3.57. The van der Waals surface area contributed by atoms with Crippen molar-refractivity contribution in [2.24, 2.45) is 5.84 Å². The number of halogens is 2. The third-order valence-electron chi connectivity index (χ3n) is 2.99. The highest BCUT2D eigenvalue weighted by Crippen LogP contribution is 2.20. The summed E-state index contributed by atoms with van der Waals surface area (Å²) >= 11 is 1.76. The standard InChI is InChI=1S/C12H16F2N2OS/c13-9-2-1-3-10(14)8(9)6-11(16-15)12-7-18-5-4-17-12/h1-3,11-12,16H,4-7,15H2. The van der Waals surface area contributed by atoms with Gasteiger partial charge in [-0.2, -0.15) is 11.8 Å². The van der Waals surface area contributed by atoms with Crippen molar-refractivity contribution < 1.29 is 13.5 Å². The zero-order chi connectivity index (χ0) is 13.0. The molecule has 0 aromatic heterocycles. The van der Waals surface area contributed by atoms with Crippen LogP contribution >= 0.6 is 11.8 Å². The van der Waals surface area contributed by atoms with Gasteiger partial charge in [0.15, 0.2) is 0 Å². The lowest BCUT2D eigenvalue weighted by Crippen LogP contribution is -2.49. The van der Waals surface area contributed by atoms with Gasteiger partial charge in [-0.25, -0.2) is 8.78 Å². The average Bonchev–Trinajstić information content (AvgIpc) is 2.40. The fourth-order valence-corrected chi connectivity index (χ4v) is 2.92. The highest BCUT2D eigenvalue weighted by molar-refractivity contribution is 7.99. The van der Waals surface area contributed by atoms with E-state index in [9.17, 15) is 8.78 Å². The van der Waals surface area contributed by atoms with Gasteiger partial charge in [0.25, 0.3) is 0 Å². The van der Waals surface area contributed by atoms with E-state index in [2.05, 4.69) is 5.43 Å². The van der Waals surface area contributed by atoms with Gasteiger partial charge in [0.05, 0.1) is 18.8 Å². The molecule has 6 heteroatoms. The van der Waals surface area contributed by atoms with Crippen molar-refractivity contribution >= 4 is 11.8 Å². The number of rotatable bonds is 4. The van der Waals surface area contributed by atoms with Crippen molar-refractivity contribution in [3.63, 3.8) is 0 Å². The zero-order valence-corrected chi connectivity index (χ0v) is 10.7. The number of thioether (sulfide) groups is 1. The predicted molar refractivity (Wildman–Crippen MR) is 68.2 cm³/mol. The first-order chi connectivity index (χ1) is 8.72. The van der Waals surface area contributed by atoms with Crippen LogP contribution in [-0.2, 0) is 11.2 Å². The number of hydrazine groups is 1. The molecule has 0 amide bonds. The highest BCUT2D eigenvalue weighted by Gasteiger charge is 2.26. The number of benzene rings is 1. The molecule has 1 fully saturated rings. The smallest absolute Gasteiger partial charge is 0.129 e. The van der Waals surface area contributed by atoms with Crippen LogP contribution in [0, 0.1) is 11.6 Å². The molecule has 2 unspecified atom stereocenters. The van der Waals surface area contributed by atoms with Gasteiger partial charge in [-0.05, 0) is 18.6 Å². The van der Waals surface area contributed by atoms with Gasteiger partial charge >= 0.3 is 0 Å². The summed E-state index contributed by atoms with van der Waals surface area (Å²) in [4.78, 5) is 0. The highest BCUT2D eigenvalue weighted by atomic mass is 32.2. The van der Waals surface area contributed by atoms with E-state index in [1.807, 2.05) is 0 Å². The van der Waals surface area contributed by atoms with Crippen LogP contribution in [0.5, 0.6) is 0 Å². The Kier molecular flexibility index (Phi) is 4.94. The fraction of sp³-hybridized carbons (Fsp3) is 0.500. The van der Waals surface area contributed by atoms with Crippen molar-refractivity contribution in [1.29, 1.82) is 0 Å². The second-order valence-electron chi connectivity index (χ2n) is 4.16. The van der Waals surface area contributed by atoms with Crippen LogP contribution in [0.4, 0.5) is 8.78 Å². The number of ether oxygens (including phenoxy) is 1. The van der Waals surface area contributed by atoms with Gasteiger partial charge < -0.3 is 4.74 Å². The van der Waals surface area contributed by atoms with Crippen molar-refractivity contribution in [2.75, 3.05) is 18.1 Å². The molecule has 1 saturated heterocycles. The monoisotopic (exact) mass is 274 g/mol. The van der Waals surface area contributed by atoms with E-state index >= 15 is 0 Å². The van der Waals surface area contributed by atoms with Gasteiger partial charge in [-0.1, -0.05) is 6.07 Å². The molecule has 1 aliphatic rings. The molecule has 0 bridgehead atoms. The number of hydrogen-bond acceptors (Lipinski definition) is 4. The Morgan fingerprint density at radius 1 is 1.44 bits per heavy atom. The molecule has 1 aromatic carbocycles. The lowest BCUT2D eigenvalue weighted by atomic mass is 10.0. The fourth-order valence-electron chi connectivity index (χ4n) is 1.98. The molecular formula is C12H16F2N2OS. The molecule has 0 saturated carbocycles.